The molecule has 1 unspecified atom stereocenters. The molecule has 1 aromatic carbocycles. The maximum absolute atomic E-state index is 11.1. The molecule has 8 heteroatoms. The van der Waals surface area contributed by atoms with E-state index in [2.05, 4.69) is 31.3 Å². The first-order valence-electron chi connectivity index (χ1n) is 6.95. The van der Waals surface area contributed by atoms with Crippen molar-refractivity contribution >= 4 is 22.8 Å². The summed E-state index contributed by atoms with van der Waals surface area (Å²) in [5.41, 5.74) is 3.29. The van der Waals surface area contributed by atoms with E-state index in [4.69, 9.17) is 0 Å². The number of non-ortho nitro benzene ring substituents is 1. The molecule has 1 aliphatic rings. The van der Waals surface area contributed by atoms with Gasteiger partial charge in [0.25, 0.3) is 5.69 Å². The van der Waals surface area contributed by atoms with E-state index in [1.165, 1.54) is 12.1 Å². The fraction of sp³-hybridized carbons (Fsp3) is 0.500. The SMILES string of the molecule is CC1CC(C)(C)C/C1=N\Nc1ccc([N+](=O)[O-])cc1[N+](=O)[O-]. The van der Waals surface area contributed by atoms with Gasteiger partial charge in [-0.2, -0.15) is 5.10 Å². The second-order valence-corrected chi connectivity index (χ2v) is 6.38. The summed E-state index contributed by atoms with van der Waals surface area (Å²) in [5, 5.41) is 26.0. The van der Waals surface area contributed by atoms with Gasteiger partial charge in [-0.25, -0.2) is 0 Å². The lowest BCUT2D eigenvalue weighted by Gasteiger charge is -2.14. The Hall–Kier alpha value is -2.51. The molecule has 0 amide bonds. The third kappa shape index (κ3) is 3.38. The van der Waals surface area contributed by atoms with E-state index >= 15 is 0 Å². The molecular formula is C14H18N4O4. The summed E-state index contributed by atoms with van der Waals surface area (Å²) in [4.78, 5) is 20.4. The molecule has 0 bridgehead atoms. The summed E-state index contributed by atoms with van der Waals surface area (Å²) in [7, 11) is 0. The molecule has 1 aromatic rings. The van der Waals surface area contributed by atoms with E-state index in [-0.39, 0.29) is 22.5 Å². The molecule has 0 aromatic heterocycles. The highest BCUT2D eigenvalue weighted by Gasteiger charge is 2.33. The van der Waals surface area contributed by atoms with Crippen LogP contribution in [0.15, 0.2) is 23.3 Å². The summed E-state index contributed by atoms with van der Waals surface area (Å²) in [6.07, 6.45) is 1.83. The van der Waals surface area contributed by atoms with Gasteiger partial charge in [-0.1, -0.05) is 20.8 Å². The number of hydrogen-bond acceptors (Lipinski definition) is 6. The van der Waals surface area contributed by atoms with E-state index in [1.54, 1.807) is 0 Å². The Balaban J connectivity index is 2.27. The quantitative estimate of drug-likeness (QED) is 0.673. The largest absolute Gasteiger partial charge is 0.301 e. The molecule has 118 valence electrons. The molecule has 1 saturated carbocycles. The lowest BCUT2D eigenvalue weighted by Crippen LogP contribution is -2.07. The Morgan fingerprint density at radius 3 is 2.45 bits per heavy atom. The van der Waals surface area contributed by atoms with Crippen molar-refractivity contribution in [1.82, 2.24) is 0 Å². The van der Waals surface area contributed by atoms with Gasteiger partial charge in [-0.15, -0.1) is 0 Å². The molecular weight excluding hydrogens is 288 g/mol. The van der Waals surface area contributed by atoms with E-state index in [9.17, 15) is 20.2 Å². The number of anilines is 1. The molecule has 0 saturated heterocycles. The predicted octanol–water partition coefficient (Wildman–Crippen LogP) is 3.73. The second-order valence-electron chi connectivity index (χ2n) is 6.38. The summed E-state index contributed by atoms with van der Waals surface area (Å²) >= 11 is 0. The average molecular weight is 306 g/mol. The Bertz CT molecular complexity index is 654. The van der Waals surface area contributed by atoms with Crippen LogP contribution < -0.4 is 5.43 Å². The lowest BCUT2D eigenvalue weighted by molar-refractivity contribution is -0.393. The van der Waals surface area contributed by atoms with E-state index in [0.717, 1.165) is 24.6 Å². The van der Waals surface area contributed by atoms with Crippen LogP contribution in [0.1, 0.15) is 33.6 Å². The van der Waals surface area contributed by atoms with Crippen molar-refractivity contribution in [2.45, 2.75) is 33.6 Å². The number of rotatable bonds is 4. The van der Waals surface area contributed by atoms with E-state index < -0.39 is 9.85 Å². The van der Waals surface area contributed by atoms with Crippen LogP contribution in [-0.4, -0.2) is 15.6 Å². The Morgan fingerprint density at radius 1 is 1.27 bits per heavy atom. The standard InChI is InChI=1S/C14H18N4O4/c1-9-7-14(2,3)8-12(9)16-15-11-5-4-10(17(19)20)6-13(11)18(21)22/h4-6,9,15H,7-8H2,1-3H3/b16-12+. The van der Waals surface area contributed by atoms with Gasteiger partial charge in [0.2, 0.25) is 0 Å². The normalized spacial score (nSPS) is 21.8. The zero-order valence-electron chi connectivity index (χ0n) is 12.7. The summed E-state index contributed by atoms with van der Waals surface area (Å²) in [6.45, 7) is 6.38. The first-order chi connectivity index (χ1) is 10.2. The minimum atomic E-state index is -0.662. The Morgan fingerprint density at radius 2 is 1.95 bits per heavy atom. The van der Waals surface area contributed by atoms with Crippen LogP contribution in [0.4, 0.5) is 17.1 Å². The van der Waals surface area contributed by atoms with Crippen molar-refractivity contribution in [2.24, 2.45) is 16.4 Å². The van der Waals surface area contributed by atoms with Gasteiger partial charge in [-0.05, 0) is 30.2 Å². The van der Waals surface area contributed by atoms with Gasteiger partial charge in [0, 0.05) is 11.8 Å². The zero-order valence-corrected chi connectivity index (χ0v) is 12.7. The van der Waals surface area contributed by atoms with Gasteiger partial charge in [0.15, 0.2) is 0 Å². The number of nitro groups is 2. The zero-order chi connectivity index (χ0) is 16.5. The second kappa shape index (κ2) is 5.70. The van der Waals surface area contributed by atoms with E-state index in [0.29, 0.717) is 5.92 Å². The molecule has 1 aliphatic carbocycles. The minimum Gasteiger partial charge on any atom is -0.272 e. The van der Waals surface area contributed by atoms with Gasteiger partial charge >= 0.3 is 5.69 Å². The molecule has 1 fully saturated rings. The highest BCUT2D eigenvalue weighted by atomic mass is 16.6. The maximum atomic E-state index is 11.1. The predicted molar refractivity (Wildman–Crippen MR) is 83.0 cm³/mol. The van der Waals surface area contributed by atoms with Crippen LogP contribution in [-0.2, 0) is 0 Å². The van der Waals surface area contributed by atoms with Crippen molar-refractivity contribution in [2.75, 3.05) is 5.43 Å². The highest BCUT2D eigenvalue weighted by Crippen LogP contribution is 2.39. The number of hydrogen-bond donors (Lipinski definition) is 1. The molecule has 0 radical (unpaired) electrons. The van der Waals surface area contributed by atoms with Crippen LogP contribution >= 0.6 is 0 Å². The molecule has 0 aliphatic heterocycles. The Labute approximate surface area is 127 Å². The first-order valence-corrected chi connectivity index (χ1v) is 6.95. The molecule has 0 spiro atoms. The van der Waals surface area contributed by atoms with Gasteiger partial charge < -0.3 is 0 Å². The average Bonchev–Trinajstić information content (AvgIpc) is 2.68. The highest BCUT2D eigenvalue weighted by molar-refractivity contribution is 5.90. The van der Waals surface area contributed by atoms with Crippen molar-refractivity contribution in [3.8, 4) is 0 Å². The minimum absolute atomic E-state index is 0.153. The topological polar surface area (TPSA) is 111 Å². The molecule has 2 rings (SSSR count). The number of nitrogens with zero attached hydrogens (tertiary/aromatic N) is 3. The fourth-order valence-corrected chi connectivity index (χ4v) is 2.84. The smallest absolute Gasteiger partial charge is 0.272 e. The number of hydrazone groups is 1. The maximum Gasteiger partial charge on any atom is 0.301 e. The molecule has 22 heavy (non-hydrogen) atoms. The van der Waals surface area contributed by atoms with Crippen molar-refractivity contribution in [3.05, 3.63) is 38.4 Å². The van der Waals surface area contributed by atoms with Crippen molar-refractivity contribution < 1.29 is 9.85 Å². The van der Waals surface area contributed by atoms with Crippen molar-refractivity contribution in [1.29, 1.82) is 0 Å². The first kappa shape index (κ1) is 15.9. The van der Waals surface area contributed by atoms with E-state index in [1.807, 2.05) is 0 Å². The number of nitrogens with one attached hydrogen (secondary N) is 1. The number of benzene rings is 1. The molecule has 1 N–H and O–H groups in total. The number of nitro benzene ring substituents is 2. The summed E-state index contributed by atoms with van der Waals surface area (Å²) in [5.74, 6) is 0.305. The fourth-order valence-electron chi connectivity index (χ4n) is 2.84. The molecule has 8 nitrogen and oxygen atoms in total. The summed E-state index contributed by atoms with van der Waals surface area (Å²) in [6, 6.07) is 3.47. The van der Waals surface area contributed by atoms with Gasteiger partial charge in [-0.3, -0.25) is 25.7 Å². The van der Waals surface area contributed by atoms with Crippen LogP contribution in [0.25, 0.3) is 0 Å². The summed E-state index contributed by atoms with van der Waals surface area (Å²) < 4.78 is 0. The lowest BCUT2D eigenvalue weighted by atomic mass is 9.91. The molecule has 0 heterocycles. The van der Waals surface area contributed by atoms with Crippen LogP contribution in [0.5, 0.6) is 0 Å². The van der Waals surface area contributed by atoms with Crippen molar-refractivity contribution in [3.63, 3.8) is 0 Å². The monoisotopic (exact) mass is 306 g/mol. The molecule has 1 atom stereocenters. The van der Waals surface area contributed by atoms with Gasteiger partial charge in [0.1, 0.15) is 5.69 Å². The third-order valence-corrected chi connectivity index (χ3v) is 3.80. The van der Waals surface area contributed by atoms with Gasteiger partial charge in [0.05, 0.1) is 15.9 Å². The van der Waals surface area contributed by atoms with Crippen LogP contribution in [0.2, 0.25) is 0 Å². The van der Waals surface area contributed by atoms with Crippen LogP contribution in [0, 0.1) is 31.6 Å². The third-order valence-electron chi connectivity index (χ3n) is 3.80. The van der Waals surface area contributed by atoms with Crippen LogP contribution in [0.3, 0.4) is 0 Å². The Kier molecular flexibility index (Phi) is 4.11.